The van der Waals surface area contributed by atoms with Crippen LogP contribution in [0.5, 0.6) is 0 Å². The van der Waals surface area contributed by atoms with Gasteiger partial charge >= 0.3 is 0 Å². The Morgan fingerprint density at radius 1 is 1.45 bits per heavy atom. The van der Waals surface area contributed by atoms with Gasteiger partial charge in [-0.1, -0.05) is 6.07 Å². The minimum atomic E-state index is -3.58. The number of primary amides is 1. The molecule has 0 radical (unpaired) electrons. The molecule has 0 aromatic heterocycles. The SMILES string of the molecule is Cc1ccc(S(=O)(=O)N2CCC(CN)C2)cc1C(N)=O. The molecule has 4 N–H and O–H groups in total. The van der Waals surface area contributed by atoms with E-state index in [0.717, 1.165) is 6.42 Å². The number of amides is 1. The molecule has 1 unspecified atom stereocenters. The number of benzene rings is 1. The normalized spacial score (nSPS) is 20.2. The first-order valence-corrected chi connectivity index (χ1v) is 7.91. The Bertz CT molecular complexity index is 628. The van der Waals surface area contributed by atoms with Crippen LogP contribution in [0.25, 0.3) is 0 Å². The molecule has 0 bridgehead atoms. The van der Waals surface area contributed by atoms with Gasteiger partial charge in [0.25, 0.3) is 0 Å². The molecule has 1 fully saturated rings. The van der Waals surface area contributed by atoms with Gasteiger partial charge in [0.2, 0.25) is 15.9 Å². The molecule has 7 heteroatoms. The van der Waals surface area contributed by atoms with E-state index in [-0.39, 0.29) is 16.4 Å². The Morgan fingerprint density at radius 3 is 2.70 bits per heavy atom. The third kappa shape index (κ3) is 2.70. The Hall–Kier alpha value is -1.44. The average Bonchev–Trinajstić information content (AvgIpc) is 2.88. The van der Waals surface area contributed by atoms with Gasteiger partial charge in [0.1, 0.15) is 0 Å². The second-order valence-corrected chi connectivity index (χ2v) is 7.03. The molecule has 110 valence electrons. The molecule has 1 aliphatic heterocycles. The molecular formula is C13H19N3O3S. The van der Waals surface area contributed by atoms with Crippen LogP contribution in [-0.4, -0.2) is 38.3 Å². The van der Waals surface area contributed by atoms with E-state index in [9.17, 15) is 13.2 Å². The summed E-state index contributed by atoms with van der Waals surface area (Å²) in [6, 6.07) is 4.46. The Morgan fingerprint density at radius 2 is 2.15 bits per heavy atom. The lowest BCUT2D eigenvalue weighted by molar-refractivity contribution is 0.0999. The largest absolute Gasteiger partial charge is 0.366 e. The van der Waals surface area contributed by atoms with Crippen LogP contribution in [-0.2, 0) is 10.0 Å². The number of carbonyl (C=O) groups excluding carboxylic acids is 1. The number of nitrogens with zero attached hydrogens (tertiary/aromatic N) is 1. The molecule has 2 rings (SSSR count). The summed E-state index contributed by atoms with van der Waals surface area (Å²) in [7, 11) is -3.58. The molecule has 0 spiro atoms. The average molecular weight is 297 g/mol. The highest BCUT2D eigenvalue weighted by atomic mass is 32.2. The molecule has 20 heavy (non-hydrogen) atoms. The maximum atomic E-state index is 12.5. The van der Waals surface area contributed by atoms with Gasteiger partial charge in [-0.2, -0.15) is 4.31 Å². The topological polar surface area (TPSA) is 106 Å². The van der Waals surface area contributed by atoms with Crippen molar-refractivity contribution >= 4 is 15.9 Å². The van der Waals surface area contributed by atoms with E-state index >= 15 is 0 Å². The highest BCUT2D eigenvalue weighted by molar-refractivity contribution is 7.89. The minimum Gasteiger partial charge on any atom is -0.366 e. The smallest absolute Gasteiger partial charge is 0.249 e. The highest BCUT2D eigenvalue weighted by Crippen LogP contribution is 2.25. The van der Waals surface area contributed by atoms with Crippen molar-refractivity contribution in [1.82, 2.24) is 4.31 Å². The van der Waals surface area contributed by atoms with E-state index in [2.05, 4.69) is 0 Å². The molecule has 1 amide bonds. The fourth-order valence-electron chi connectivity index (χ4n) is 2.38. The number of sulfonamides is 1. The van der Waals surface area contributed by atoms with E-state index in [1.807, 2.05) is 0 Å². The summed E-state index contributed by atoms with van der Waals surface area (Å²) in [5.41, 5.74) is 11.7. The van der Waals surface area contributed by atoms with Crippen molar-refractivity contribution in [2.24, 2.45) is 17.4 Å². The number of aryl methyl sites for hydroxylation is 1. The van der Waals surface area contributed by atoms with Crippen LogP contribution in [0, 0.1) is 12.8 Å². The number of hydrogen-bond donors (Lipinski definition) is 2. The summed E-state index contributed by atoms with van der Waals surface area (Å²) in [6.07, 6.45) is 0.768. The zero-order chi connectivity index (χ0) is 14.9. The number of nitrogens with two attached hydrogens (primary N) is 2. The van der Waals surface area contributed by atoms with Crippen molar-refractivity contribution in [3.8, 4) is 0 Å². The van der Waals surface area contributed by atoms with Crippen molar-refractivity contribution in [3.63, 3.8) is 0 Å². The summed E-state index contributed by atoms with van der Waals surface area (Å²) >= 11 is 0. The first-order chi connectivity index (χ1) is 9.36. The molecule has 6 nitrogen and oxygen atoms in total. The predicted octanol–water partition coefficient (Wildman–Crippen LogP) is 0.0632. The summed E-state index contributed by atoms with van der Waals surface area (Å²) in [5.74, 6) is -0.424. The van der Waals surface area contributed by atoms with E-state index < -0.39 is 15.9 Å². The van der Waals surface area contributed by atoms with Gasteiger partial charge in [0.05, 0.1) is 4.90 Å². The first kappa shape index (κ1) is 15.0. The van der Waals surface area contributed by atoms with Gasteiger partial charge in [-0.05, 0) is 43.5 Å². The predicted molar refractivity (Wildman–Crippen MR) is 75.6 cm³/mol. The summed E-state index contributed by atoms with van der Waals surface area (Å²) in [4.78, 5) is 11.4. The molecule has 1 saturated heterocycles. The van der Waals surface area contributed by atoms with Crippen LogP contribution in [0.15, 0.2) is 23.1 Å². The summed E-state index contributed by atoms with van der Waals surface area (Å²) < 4.78 is 26.4. The summed E-state index contributed by atoms with van der Waals surface area (Å²) in [6.45, 7) is 3.09. The van der Waals surface area contributed by atoms with Gasteiger partial charge in [-0.15, -0.1) is 0 Å². The third-order valence-electron chi connectivity index (χ3n) is 3.69. The van der Waals surface area contributed by atoms with Crippen molar-refractivity contribution < 1.29 is 13.2 Å². The highest BCUT2D eigenvalue weighted by Gasteiger charge is 2.32. The minimum absolute atomic E-state index is 0.106. The van der Waals surface area contributed by atoms with Crippen molar-refractivity contribution in [1.29, 1.82) is 0 Å². The first-order valence-electron chi connectivity index (χ1n) is 6.47. The number of hydrogen-bond acceptors (Lipinski definition) is 4. The Labute approximate surface area is 118 Å². The molecule has 0 aliphatic carbocycles. The van der Waals surface area contributed by atoms with E-state index in [0.29, 0.717) is 25.2 Å². The van der Waals surface area contributed by atoms with Crippen molar-refractivity contribution in [3.05, 3.63) is 29.3 Å². The van der Waals surface area contributed by atoms with Crippen LogP contribution in [0.2, 0.25) is 0 Å². The van der Waals surface area contributed by atoms with Crippen LogP contribution in [0.1, 0.15) is 22.3 Å². The molecular weight excluding hydrogens is 278 g/mol. The fraction of sp³-hybridized carbons (Fsp3) is 0.462. The van der Waals surface area contributed by atoms with Crippen LogP contribution in [0.3, 0.4) is 0 Å². The molecule has 0 saturated carbocycles. The number of carbonyl (C=O) groups is 1. The maximum absolute atomic E-state index is 12.5. The molecule has 1 aliphatic rings. The zero-order valence-corrected chi connectivity index (χ0v) is 12.2. The lowest BCUT2D eigenvalue weighted by Crippen LogP contribution is -2.30. The molecule has 1 aromatic carbocycles. The van der Waals surface area contributed by atoms with Gasteiger partial charge in [0, 0.05) is 18.7 Å². The Balaban J connectivity index is 2.35. The Kier molecular flexibility index (Phi) is 4.12. The van der Waals surface area contributed by atoms with Gasteiger partial charge in [-0.25, -0.2) is 8.42 Å². The van der Waals surface area contributed by atoms with Gasteiger partial charge in [0.15, 0.2) is 0 Å². The maximum Gasteiger partial charge on any atom is 0.249 e. The zero-order valence-electron chi connectivity index (χ0n) is 11.4. The lowest BCUT2D eigenvalue weighted by atomic mass is 10.1. The van der Waals surface area contributed by atoms with E-state index in [1.54, 1.807) is 13.0 Å². The second-order valence-electron chi connectivity index (χ2n) is 5.09. The summed E-state index contributed by atoms with van der Waals surface area (Å²) in [5, 5.41) is 0. The third-order valence-corrected chi connectivity index (χ3v) is 5.56. The monoisotopic (exact) mass is 297 g/mol. The standard InChI is InChI=1S/C13H19N3O3S/c1-9-2-3-11(6-12(9)13(15)17)20(18,19)16-5-4-10(7-14)8-16/h2-3,6,10H,4-5,7-8,14H2,1H3,(H2,15,17). The van der Waals surface area contributed by atoms with Crippen LogP contribution in [0.4, 0.5) is 0 Å². The van der Waals surface area contributed by atoms with Crippen LogP contribution < -0.4 is 11.5 Å². The fourth-order valence-corrected chi connectivity index (χ4v) is 3.94. The van der Waals surface area contributed by atoms with E-state index in [1.165, 1.54) is 16.4 Å². The second kappa shape index (κ2) is 5.51. The van der Waals surface area contributed by atoms with Gasteiger partial charge < -0.3 is 11.5 Å². The molecule has 1 heterocycles. The van der Waals surface area contributed by atoms with Crippen LogP contribution >= 0.6 is 0 Å². The van der Waals surface area contributed by atoms with Crippen molar-refractivity contribution in [2.45, 2.75) is 18.2 Å². The molecule has 1 aromatic rings. The van der Waals surface area contributed by atoms with Crippen molar-refractivity contribution in [2.75, 3.05) is 19.6 Å². The quantitative estimate of drug-likeness (QED) is 0.819. The van der Waals surface area contributed by atoms with E-state index in [4.69, 9.17) is 11.5 Å². The lowest BCUT2D eigenvalue weighted by Gasteiger charge is -2.17. The molecule has 1 atom stereocenters. The van der Waals surface area contributed by atoms with Gasteiger partial charge in [-0.3, -0.25) is 4.79 Å². The number of rotatable bonds is 4.